The van der Waals surface area contributed by atoms with Crippen LogP contribution < -0.4 is 0 Å². The SMILES string of the molecule is [Li][CH2]CCCCN1CCCCC1. The van der Waals surface area contributed by atoms with E-state index in [-0.39, 0.29) is 0 Å². The fourth-order valence-corrected chi connectivity index (χ4v) is 1.95. The van der Waals surface area contributed by atoms with Crippen LogP contribution >= 0.6 is 0 Å². The number of unbranched alkanes of at least 4 members (excludes halogenated alkanes) is 2. The Kier molecular flexibility index (Phi) is 6.21. The van der Waals surface area contributed by atoms with Crippen molar-refractivity contribution >= 4 is 17.7 Å². The fraction of sp³-hybridized carbons (Fsp3) is 1.00. The molecule has 1 aliphatic heterocycles. The van der Waals surface area contributed by atoms with Crippen LogP contribution in [0.2, 0.25) is 5.09 Å². The monoisotopic (exact) mass is 161 g/mol. The van der Waals surface area contributed by atoms with Gasteiger partial charge in [0.2, 0.25) is 0 Å². The van der Waals surface area contributed by atoms with Gasteiger partial charge in [-0.2, -0.15) is 0 Å². The normalized spacial score (nSPS) is 19.8. The van der Waals surface area contributed by atoms with Gasteiger partial charge in [0.1, 0.15) is 0 Å². The Morgan fingerprint density at radius 1 is 0.917 bits per heavy atom. The molecule has 1 heterocycles. The summed E-state index contributed by atoms with van der Waals surface area (Å²) in [5, 5.41) is 1.36. The quantitative estimate of drug-likeness (QED) is 0.441. The van der Waals surface area contributed by atoms with Gasteiger partial charge in [0, 0.05) is 0 Å². The van der Waals surface area contributed by atoms with Gasteiger partial charge in [0.05, 0.1) is 0 Å². The van der Waals surface area contributed by atoms with Crippen LogP contribution in [-0.2, 0) is 0 Å². The molecule has 0 atom stereocenters. The maximum atomic E-state index is 2.64. The van der Waals surface area contributed by atoms with Gasteiger partial charge in [-0.25, -0.2) is 0 Å². The molecule has 1 saturated heterocycles. The zero-order chi connectivity index (χ0) is 8.65. The molecule has 1 fully saturated rings. The molecule has 0 unspecified atom stereocenters. The number of piperidine rings is 1. The molecule has 0 spiro atoms. The number of nitrogens with zero attached hydrogens (tertiary/aromatic N) is 1. The van der Waals surface area contributed by atoms with Crippen molar-refractivity contribution in [1.29, 1.82) is 0 Å². The number of rotatable bonds is 5. The van der Waals surface area contributed by atoms with Crippen molar-refractivity contribution in [3.05, 3.63) is 0 Å². The van der Waals surface area contributed by atoms with Crippen LogP contribution in [0.5, 0.6) is 0 Å². The van der Waals surface area contributed by atoms with E-state index in [4.69, 9.17) is 0 Å². The predicted molar refractivity (Wildman–Crippen MR) is 54.7 cm³/mol. The van der Waals surface area contributed by atoms with E-state index in [0.717, 1.165) is 0 Å². The molecule has 0 amide bonds. The second kappa shape index (κ2) is 7.01. The molecule has 1 rings (SSSR count). The van der Waals surface area contributed by atoms with Gasteiger partial charge in [-0.3, -0.25) is 0 Å². The average molecular weight is 161 g/mol. The van der Waals surface area contributed by atoms with Crippen molar-refractivity contribution in [2.75, 3.05) is 19.6 Å². The topological polar surface area (TPSA) is 3.24 Å². The second-order valence-electron chi connectivity index (χ2n) is 3.96. The fourth-order valence-electron chi connectivity index (χ4n) is 1.95. The Hall–Kier alpha value is 0.557. The molecule has 1 nitrogen and oxygen atoms in total. The summed E-state index contributed by atoms with van der Waals surface area (Å²) in [4.78, 5) is 2.64. The summed E-state index contributed by atoms with van der Waals surface area (Å²) < 4.78 is 0. The van der Waals surface area contributed by atoms with Gasteiger partial charge in [0.15, 0.2) is 0 Å². The number of likely N-dealkylation sites (tertiary alicyclic amines) is 1. The third-order valence-electron chi connectivity index (χ3n) is 2.78. The third kappa shape index (κ3) is 4.55. The van der Waals surface area contributed by atoms with E-state index in [1.54, 1.807) is 0 Å². The average Bonchev–Trinajstić information content (AvgIpc) is 2.14. The van der Waals surface area contributed by atoms with Crippen LogP contribution in [0.1, 0.15) is 38.5 Å². The van der Waals surface area contributed by atoms with Crippen molar-refractivity contribution < 1.29 is 0 Å². The first-order chi connectivity index (χ1) is 5.93. The molecule has 0 N–H and O–H groups in total. The molecule has 0 aromatic heterocycles. The van der Waals surface area contributed by atoms with E-state index >= 15 is 0 Å². The Morgan fingerprint density at radius 2 is 1.67 bits per heavy atom. The molecule has 0 aliphatic carbocycles. The molecule has 12 heavy (non-hydrogen) atoms. The van der Waals surface area contributed by atoms with Crippen LogP contribution in [-0.4, -0.2) is 42.2 Å². The van der Waals surface area contributed by atoms with E-state index in [1.807, 2.05) is 0 Å². The van der Waals surface area contributed by atoms with E-state index in [9.17, 15) is 0 Å². The minimum absolute atomic E-state index is 1.36. The summed E-state index contributed by atoms with van der Waals surface area (Å²) in [6.07, 6.45) is 8.63. The third-order valence-corrected chi connectivity index (χ3v) is 2.78. The van der Waals surface area contributed by atoms with E-state index in [0.29, 0.717) is 0 Å². The summed E-state index contributed by atoms with van der Waals surface area (Å²) in [5.41, 5.74) is 0. The Labute approximate surface area is 86.1 Å². The molecule has 66 valence electrons. The van der Waals surface area contributed by atoms with Gasteiger partial charge < -0.3 is 0 Å². The van der Waals surface area contributed by atoms with Gasteiger partial charge in [-0.15, -0.1) is 0 Å². The summed E-state index contributed by atoms with van der Waals surface area (Å²) >= 11 is 2.28. The molecule has 1 aliphatic rings. The Bertz CT molecular complexity index is 100. The molecule has 0 aromatic carbocycles. The zero-order valence-corrected chi connectivity index (χ0v) is 8.52. The van der Waals surface area contributed by atoms with Gasteiger partial charge in [0.25, 0.3) is 0 Å². The van der Waals surface area contributed by atoms with Crippen LogP contribution in [0, 0.1) is 0 Å². The van der Waals surface area contributed by atoms with Crippen molar-refractivity contribution in [3.8, 4) is 0 Å². The maximum absolute atomic E-state index is 2.64. The van der Waals surface area contributed by atoms with Gasteiger partial charge >= 0.3 is 85.9 Å². The number of hydrogen-bond acceptors (Lipinski definition) is 1. The van der Waals surface area contributed by atoms with Crippen molar-refractivity contribution in [2.45, 2.75) is 43.6 Å². The molecule has 0 aromatic rings. The van der Waals surface area contributed by atoms with Crippen LogP contribution in [0.4, 0.5) is 0 Å². The van der Waals surface area contributed by atoms with Gasteiger partial charge in [-0.1, -0.05) is 0 Å². The first-order valence-corrected chi connectivity index (χ1v) is 5.66. The summed E-state index contributed by atoms with van der Waals surface area (Å²) in [6.45, 7) is 4.10. The van der Waals surface area contributed by atoms with Crippen LogP contribution in [0.15, 0.2) is 0 Å². The predicted octanol–water partition coefficient (Wildman–Crippen LogP) is 2.23. The van der Waals surface area contributed by atoms with E-state index in [1.165, 1.54) is 63.3 Å². The Morgan fingerprint density at radius 3 is 2.33 bits per heavy atom. The zero-order valence-electron chi connectivity index (χ0n) is 8.52. The first-order valence-electron chi connectivity index (χ1n) is 5.66. The molecular weight excluding hydrogens is 141 g/mol. The first kappa shape index (κ1) is 10.6. The number of hydrogen-bond donors (Lipinski definition) is 0. The molecule has 0 bridgehead atoms. The molecular formula is C10H20LiN. The van der Waals surface area contributed by atoms with Crippen LogP contribution in [0.25, 0.3) is 0 Å². The molecule has 0 saturated carbocycles. The van der Waals surface area contributed by atoms with E-state index < -0.39 is 0 Å². The minimum atomic E-state index is 1.36. The second-order valence-corrected chi connectivity index (χ2v) is 3.96. The van der Waals surface area contributed by atoms with E-state index in [2.05, 4.69) is 22.6 Å². The van der Waals surface area contributed by atoms with Crippen molar-refractivity contribution in [3.63, 3.8) is 0 Å². The van der Waals surface area contributed by atoms with Crippen molar-refractivity contribution in [1.82, 2.24) is 4.90 Å². The van der Waals surface area contributed by atoms with Gasteiger partial charge in [-0.05, 0) is 0 Å². The van der Waals surface area contributed by atoms with Crippen LogP contribution in [0.3, 0.4) is 0 Å². The van der Waals surface area contributed by atoms with Crippen molar-refractivity contribution in [2.24, 2.45) is 0 Å². The summed E-state index contributed by atoms with van der Waals surface area (Å²) in [7, 11) is 0. The standard InChI is InChI=1S/C10H20N.Li/c1-2-3-5-8-11-9-6-4-7-10-11;/h1-10H2;. The summed E-state index contributed by atoms with van der Waals surface area (Å²) in [6, 6.07) is 0. The molecule has 2 heteroatoms. The molecule has 0 radical (unpaired) electrons. The summed E-state index contributed by atoms with van der Waals surface area (Å²) in [5.74, 6) is 0. The Balaban J connectivity index is 1.91.